The van der Waals surface area contributed by atoms with E-state index < -0.39 is 14.8 Å². The summed E-state index contributed by atoms with van der Waals surface area (Å²) in [6.45, 7) is 4.46. The van der Waals surface area contributed by atoms with Crippen molar-refractivity contribution in [3.05, 3.63) is 81.7 Å². The van der Waals surface area contributed by atoms with Crippen LogP contribution in [-0.4, -0.2) is 24.2 Å². The number of benzene rings is 2. The van der Waals surface area contributed by atoms with Crippen molar-refractivity contribution < 1.29 is 13.3 Å². The van der Waals surface area contributed by atoms with Gasteiger partial charge in [-0.2, -0.15) is 0 Å². The van der Waals surface area contributed by atoms with Gasteiger partial charge in [0.15, 0.2) is 9.84 Å². The van der Waals surface area contributed by atoms with Crippen LogP contribution in [0.5, 0.6) is 0 Å². The van der Waals surface area contributed by atoms with Gasteiger partial charge in [-0.3, -0.25) is 10.1 Å². The Hall–Kier alpha value is -3.13. The molecule has 0 fully saturated rings. The molecule has 3 aromatic rings. The number of anilines is 1. The first-order valence-electron chi connectivity index (χ1n) is 8.63. The molecule has 0 saturated carbocycles. The van der Waals surface area contributed by atoms with Crippen molar-refractivity contribution in [3.8, 4) is 5.69 Å². The van der Waals surface area contributed by atoms with Crippen molar-refractivity contribution in [1.29, 1.82) is 0 Å². The fourth-order valence-corrected chi connectivity index (χ4v) is 3.72. The van der Waals surface area contributed by atoms with Crippen LogP contribution in [0.4, 0.5) is 11.4 Å². The maximum atomic E-state index is 11.6. The summed E-state index contributed by atoms with van der Waals surface area (Å²) in [6, 6.07) is 15.9. The van der Waals surface area contributed by atoms with Crippen molar-refractivity contribution in [2.24, 2.45) is 0 Å². The lowest BCUT2D eigenvalue weighted by molar-refractivity contribution is -0.384. The van der Waals surface area contributed by atoms with E-state index in [0.717, 1.165) is 35.0 Å². The Morgan fingerprint density at radius 1 is 1.00 bits per heavy atom. The molecule has 0 unspecified atom stereocenters. The monoisotopic (exact) mass is 399 g/mol. The van der Waals surface area contributed by atoms with Gasteiger partial charge in [-0.05, 0) is 55.8 Å². The number of nitro groups is 1. The first kappa shape index (κ1) is 19.6. The molecule has 0 aliphatic rings. The average Bonchev–Trinajstić information content (AvgIpc) is 2.98. The zero-order valence-electron chi connectivity index (χ0n) is 15.8. The van der Waals surface area contributed by atoms with Crippen LogP contribution >= 0.6 is 0 Å². The standard InChI is InChI=1S/C20H21N3O4S/c1-14-4-5-15(2)22(14)17-8-6-16(7-9-17)13-21-19-11-10-18(28(3,26)27)12-20(19)23(24)25/h4-12,21H,13H2,1-3H3. The fourth-order valence-electron chi connectivity index (χ4n) is 3.08. The van der Waals surface area contributed by atoms with Crippen molar-refractivity contribution in [2.75, 3.05) is 11.6 Å². The number of sulfone groups is 1. The number of aryl methyl sites for hydroxylation is 2. The van der Waals surface area contributed by atoms with Crippen LogP contribution in [0.15, 0.2) is 59.5 Å². The minimum atomic E-state index is -3.51. The molecule has 7 nitrogen and oxygen atoms in total. The summed E-state index contributed by atoms with van der Waals surface area (Å²) in [4.78, 5) is 10.7. The summed E-state index contributed by atoms with van der Waals surface area (Å²) in [6.07, 6.45) is 1.02. The van der Waals surface area contributed by atoms with E-state index in [2.05, 4.69) is 22.0 Å². The van der Waals surface area contributed by atoms with E-state index in [-0.39, 0.29) is 16.3 Å². The van der Waals surface area contributed by atoms with Crippen LogP contribution in [0.1, 0.15) is 17.0 Å². The Bertz CT molecular complexity index is 1110. The molecule has 0 aliphatic heterocycles. The molecule has 0 atom stereocenters. The van der Waals surface area contributed by atoms with E-state index in [9.17, 15) is 18.5 Å². The molecule has 0 spiro atoms. The lowest BCUT2D eigenvalue weighted by Crippen LogP contribution is -2.05. The van der Waals surface area contributed by atoms with E-state index in [0.29, 0.717) is 6.54 Å². The van der Waals surface area contributed by atoms with Gasteiger partial charge in [-0.1, -0.05) is 12.1 Å². The molecule has 0 radical (unpaired) electrons. The molecule has 28 heavy (non-hydrogen) atoms. The molecule has 1 aromatic heterocycles. The minimum absolute atomic E-state index is 0.0773. The lowest BCUT2D eigenvalue weighted by atomic mass is 10.2. The van der Waals surface area contributed by atoms with E-state index in [1.54, 1.807) is 0 Å². The van der Waals surface area contributed by atoms with Gasteiger partial charge < -0.3 is 9.88 Å². The van der Waals surface area contributed by atoms with E-state index in [1.807, 2.05) is 38.1 Å². The predicted molar refractivity (Wildman–Crippen MR) is 109 cm³/mol. The molecular formula is C20H21N3O4S. The summed E-state index contributed by atoms with van der Waals surface area (Å²) in [7, 11) is -3.51. The molecule has 3 rings (SSSR count). The maximum absolute atomic E-state index is 11.6. The summed E-state index contributed by atoms with van der Waals surface area (Å²) in [5, 5.41) is 14.3. The van der Waals surface area contributed by atoms with Gasteiger partial charge in [-0.15, -0.1) is 0 Å². The topological polar surface area (TPSA) is 94.2 Å². The van der Waals surface area contributed by atoms with Gasteiger partial charge >= 0.3 is 0 Å². The minimum Gasteiger partial charge on any atom is -0.375 e. The molecule has 0 aliphatic carbocycles. The van der Waals surface area contributed by atoms with Crippen LogP contribution in [0.3, 0.4) is 0 Å². The predicted octanol–water partition coefficient (Wildman–Crippen LogP) is 4.02. The van der Waals surface area contributed by atoms with Crippen molar-refractivity contribution in [3.63, 3.8) is 0 Å². The Kier molecular flexibility index (Phi) is 5.24. The highest BCUT2D eigenvalue weighted by Crippen LogP contribution is 2.28. The molecule has 1 heterocycles. The maximum Gasteiger partial charge on any atom is 0.293 e. The van der Waals surface area contributed by atoms with Gasteiger partial charge in [0.1, 0.15) is 5.69 Å². The van der Waals surface area contributed by atoms with Gasteiger partial charge in [-0.25, -0.2) is 8.42 Å². The number of nitrogens with one attached hydrogen (secondary N) is 1. The molecule has 0 bridgehead atoms. The molecule has 2 aromatic carbocycles. The van der Waals surface area contributed by atoms with Gasteiger partial charge in [0.2, 0.25) is 0 Å². The Labute approximate surface area is 163 Å². The lowest BCUT2D eigenvalue weighted by Gasteiger charge is -2.11. The second-order valence-electron chi connectivity index (χ2n) is 6.68. The zero-order chi connectivity index (χ0) is 20.5. The molecule has 146 valence electrons. The number of hydrogen-bond donors (Lipinski definition) is 1. The number of nitro benzene ring substituents is 1. The molecule has 0 amide bonds. The van der Waals surface area contributed by atoms with E-state index in [4.69, 9.17) is 0 Å². The number of aromatic nitrogens is 1. The van der Waals surface area contributed by atoms with E-state index >= 15 is 0 Å². The normalized spacial score (nSPS) is 11.4. The van der Waals surface area contributed by atoms with E-state index in [1.165, 1.54) is 12.1 Å². The third-order valence-corrected chi connectivity index (χ3v) is 5.65. The number of nitrogens with zero attached hydrogens (tertiary/aromatic N) is 2. The molecule has 8 heteroatoms. The Morgan fingerprint density at radius 3 is 2.14 bits per heavy atom. The van der Waals surface area contributed by atoms with Gasteiger partial charge in [0, 0.05) is 35.9 Å². The Morgan fingerprint density at radius 2 is 1.61 bits per heavy atom. The summed E-state index contributed by atoms with van der Waals surface area (Å²) in [5.41, 5.74) is 4.30. The summed E-state index contributed by atoms with van der Waals surface area (Å²) < 4.78 is 25.4. The molecular weight excluding hydrogens is 378 g/mol. The quantitative estimate of drug-likeness (QED) is 0.499. The smallest absolute Gasteiger partial charge is 0.293 e. The Balaban J connectivity index is 1.80. The number of hydrogen-bond acceptors (Lipinski definition) is 5. The summed E-state index contributed by atoms with van der Waals surface area (Å²) >= 11 is 0. The highest BCUT2D eigenvalue weighted by atomic mass is 32.2. The van der Waals surface area contributed by atoms with Crippen LogP contribution < -0.4 is 5.32 Å². The average molecular weight is 399 g/mol. The third kappa shape index (κ3) is 4.07. The molecule has 1 N–H and O–H groups in total. The van der Waals surface area contributed by atoms with Crippen molar-refractivity contribution >= 4 is 21.2 Å². The fraction of sp³-hybridized carbons (Fsp3) is 0.200. The third-order valence-electron chi connectivity index (χ3n) is 4.54. The SMILES string of the molecule is Cc1ccc(C)n1-c1ccc(CNc2ccc(S(C)(=O)=O)cc2[N+](=O)[O-])cc1. The highest BCUT2D eigenvalue weighted by molar-refractivity contribution is 7.90. The first-order chi connectivity index (χ1) is 13.2. The largest absolute Gasteiger partial charge is 0.375 e. The van der Waals surface area contributed by atoms with Crippen LogP contribution in [0, 0.1) is 24.0 Å². The van der Waals surface area contributed by atoms with Gasteiger partial charge in [0.25, 0.3) is 5.69 Å². The molecule has 0 saturated heterocycles. The van der Waals surface area contributed by atoms with Gasteiger partial charge in [0.05, 0.1) is 9.82 Å². The summed E-state index contributed by atoms with van der Waals surface area (Å²) in [5.74, 6) is 0. The van der Waals surface area contributed by atoms with Crippen LogP contribution in [0.2, 0.25) is 0 Å². The first-order valence-corrected chi connectivity index (χ1v) is 10.5. The zero-order valence-corrected chi connectivity index (χ0v) is 16.7. The second-order valence-corrected chi connectivity index (χ2v) is 8.70. The van der Waals surface area contributed by atoms with Crippen molar-refractivity contribution in [2.45, 2.75) is 25.3 Å². The van der Waals surface area contributed by atoms with Crippen LogP contribution in [0.25, 0.3) is 5.69 Å². The van der Waals surface area contributed by atoms with Crippen LogP contribution in [-0.2, 0) is 16.4 Å². The van der Waals surface area contributed by atoms with Crippen molar-refractivity contribution in [1.82, 2.24) is 4.57 Å². The second kappa shape index (κ2) is 7.47. The number of rotatable bonds is 6. The highest BCUT2D eigenvalue weighted by Gasteiger charge is 2.18.